The van der Waals surface area contributed by atoms with Crippen molar-refractivity contribution in [3.8, 4) is 0 Å². The minimum absolute atomic E-state index is 0.112. The number of nitrogens with zero attached hydrogens (tertiary/aromatic N) is 1. The number of hydrogen-bond acceptors (Lipinski definition) is 3. The Kier molecular flexibility index (Phi) is 3.88. The molecular weight excluding hydrogens is 204 g/mol. The fourth-order valence-electron chi connectivity index (χ4n) is 1.45. The van der Waals surface area contributed by atoms with E-state index in [4.69, 9.17) is 0 Å². The van der Waals surface area contributed by atoms with Crippen LogP contribution in [0, 0.1) is 0 Å². The van der Waals surface area contributed by atoms with Gasteiger partial charge in [-0.3, -0.25) is 4.79 Å². The van der Waals surface area contributed by atoms with Crippen molar-refractivity contribution in [1.82, 2.24) is 9.62 Å². The minimum atomic E-state index is -3.26. The van der Waals surface area contributed by atoms with Crippen LogP contribution in [0.2, 0.25) is 0 Å². The third-order valence-corrected chi connectivity index (χ3v) is 2.86. The van der Waals surface area contributed by atoms with Crippen molar-refractivity contribution in [3.05, 3.63) is 0 Å². The molecule has 1 rings (SSSR count). The molecule has 5 nitrogen and oxygen atoms in total. The van der Waals surface area contributed by atoms with E-state index in [-0.39, 0.29) is 12.5 Å². The maximum Gasteiger partial charge on any atom is 0.237 e. The smallest absolute Gasteiger partial charge is 0.237 e. The average Bonchev–Trinajstić information content (AvgIpc) is 2.14. The Morgan fingerprint density at radius 2 is 1.86 bits per heavy atom. The molecule has 0 saturated carbocycles. The molecule has 1 N–H and O–H groups in total. The largest absolute Gasteiger partial charge is 0.342 e. The summed E-state index contributed by atoms with van der Waals surface area (Å²) >= 11 is 0. The van der Waals surface area contributed by atoms with Crippen LogP contribution in [0.1, 0.15) is 19.3 Å². The number of nitrogens with one attached hydrogen (secondary N) is 1. The molecule has 0 unspecified atom stereocenters. The van der Waals surface area contributed by atoms with Gasteiger partial charge in [-0.25, -0.2) is 13.1 Å². The van der Waals surface area contributed by atoms with Gasteiger partial charge in [0.05, 0.1) is 12.8 Å². The number of piperidine rings is 1. The Morgan fingerprint density at radius 1 is 1.29 bits per heavy atom. The highest BCUT2D eigenvalue weighted by atomic mass is 32.2. The molecule has 1 heterocycles. The summed E-state index contributed by atoms with van der Waals surface area (Å²) in [7, 11) is -3.26. The van der Waals surface area contributed by atoms with Crippen LogP contribution in [0.3, 0.4) is 0 Å². The zero-order chi connectivity index (χ0) is 10.6. The van der Waals surface area contributed by atoms with Crippen LogP contribution in [0.5, 0.6) is 0 Å². The van der Waals surface area contributed by atoms with E-state index in [0.29, 0.717) is 0 Å². The van der Waals surface area contributed by atoms with Gasteiger partial charge in [-0.05, 0) is 19.3 Å². The second-order valence-corrected chi connectivity index (χ2v) is 5.37. The van der Waals surface area contributed by atoms with E-state index in [0.717, 1.165) is 38.6 Å². The third-order valence-electron chi connectivity index (χ3n) is 2.19. The first-order valence-corrected chi connectivity index (χ1v) is 6.60. The molecule has 1 amide bonds. The van der Waals surface area contributed by atoms with E-state index in [1.165, 1.54) is 0 Å². The monoisotopic (exact) mass is 220 g/mol. The summed E-state index contributed by atoms with van der Waals surface area (Å²) in [6.07, 6.45) is 4.25. The van der Waals surface area contributed by atoms with Crippen molar-refractivity contribution in [2.75, 3.05) is 25.9 Å². The van der Waals surface area contributed by atoms with Gasteiger partial charge in [-0.2, -0.15) is 0 Å². The first-order valence-electron chi connectivity index (χ1n) is 4.71. The number of hydrogen-bond donors (Lipinski definition) is 1. The van der Waals surface area contributed by atoms with Gasteiger partial charge in [0.15, 0.2) is 0 Å². The first kappa shape index (κ1) is 11.5. The van der Waals surface area contributed by atoms with Gasteiger partial charge >= 0.3 is 0 Å². The van der Waals surface area contributed by atoms with E-state index in [2.05, 4.69) is 4.72 Å². The zero-order valence-corrected chi connectivity index (χ0v) is 9.14. The molecule has 0 aromatic rings. The molecule has 0 aromatic carbocycles. The van der Waals surface area contributed by atoms with E-state index < -0.39 is 10.0 Å². The van der Waals surface area contributed by atoms with Crippen LogP contribution in [-0.4, -0.2) is 45.1 Å². The lowest BCUT2D eigenvalue weighted by Gasteiger charge is -2.26. The number of carbonyl (C=O) groups excluding carboxylic acids is 1. The molecule has 1 saturated heterocycles. The summed E-state index contributed by atoms with van der Waals surface area (Å²) in [4.78, 5) is 13.2. The van der Waals surface area contributed by atoms with Crippen LogP contribution in [-0.2, 0) is 14.8 Å². The lowest BCUT2D eigenvalue weighted by atomic mass is 10.1. The highest BCUT2D eigenvalue weighted by Crippen LogP contribution is 2.08. The minimum Gasteiger partial charge on any atom is -0.342 e. The van der Waals surface area contributed by atoms with Crippen LogP contribution in [0.15, 0.2) is 0 Å². The van der Waals surface area contributed by atoms with Gasteiger partial charge in [0.1, 0.15) is 0 Å². The highest BCUT2D eigenvalue weighted by molar-refractivity contribution is 7.88. The molecule has 0 spiro atoms. The maximum absolute atomic E-state index is 11.4. The molecule has 0 radical (unpaired) electrons. The third kappa shape index (κ3) is 4.06. The lowest BCUT2D eigenvalue weighted by Crippen LogP contribution is -2.42. The van der Waals surface area contributed by atoms with Crippen LogP contribution in [0.25, 0.3) is 0 Å². The Balaban J connectivity index is 2.34. The fourth-order valence-corrected chi connectivity index (χ4v) is 1.83. The normalized spacial score (nSPS) is 18.2. The van der Waals surface area contributed by atoms with Gasteiger partial charge in [0, 0.05) is 13.1 Å². The van der Waals surface area contributed by atoms with Gasteiger partial charge in [-0.15, -0.1) is 0 Å². The number of rotatable bonds is 3. The van der Waals surface area contributed by atoms with Crippen molar-refractivity contribution in [3.63, 3.8) is 0 Å². The zero-order valence-electron chi connectivity index (χ0n) is 8.32. The summed E-state index contributed by atoms with van der Waals surface area (Å²) in [6.45, 7) is 1.40. The molecule has 1 aliphatic heterocycles. The Labute approximate surface area is 84.5 Å². The van der Waals surface area contributed by atoms with Crippen molar-refractivity contribution in [2.24, 2.45) is 0 Å². The summed E-state index contributed by atoms with van der Waals surface area (Å²) in [5.41, 5.74) is 0. The molecule has 14 heavy (non-hydrogen) atoms. The SMILES string of the molecule is CS(=O)(=O)NCC(=O)N1CCCCC1. The fraction of sp³-hybridized carbons (Fsp3) is 0.875. The molecule has 0 aliphatic carbocycles. The van der Waals surface area contributed by atoms with Gasteiger partial charge in [0.2, 0.25) is 15.9 Å². The highest BCUT2D eigenvalue weighted by Gasteiger charge is 2.16. The van der Waals surface area contributed by atoms with Crippen molar-refractivity contribution in [2.45, 2.75) is 19.3 Å². The Bertz CT molecular complexity index is 294. The second kappa shape index (κ2) is 4.75. The van der Waals surface area contributed by atoms with Crippen LogP contribution < -0.4 is 4.72 Å². The number of likely N-dealkylation sites (tertiary alicyclic amines) is 1. The van der Waals surface area contributed by atoms with Crippen LogP contribution >= 0.6 is 0 Å². The van der Waals surface area contributed by atoms with Crippen molar-refractivity contribution >= 4 is 15.9 Å². The first-order chi connectivity index (χ1) is 6.49. The van der Waals surface area contributed by atoms with Gasteiger partial charge in [-0.1, -0.05) is 0 Å². The van der Waals surface area contributed by atoms with E-state index in [1.54, 1.807) is 4.90 Å². The molecule has 6 heteroatoms. The summed E-state index contributed by atoms with van der Waals surface area (Å²) in [5, 5.41) is 0. The lowest BCUT2D eigenvalue weighted by molar-refractivity contribution is -0.130. The van der Waals surface area contributed by atoms with Crippen molar-refractivity contribution in [1.29, 1.82) is 0 Å². The van der Waals surface area contributed by atoms with Crippen molar-refractivity contribution < 1.29 is 13.2 Å². The summed E-state index contributed by atoms with van der Waals surface area (Å²) in [6, 6.07) is 0. The molecule has 1 fully saturated rings. The Hall–Kier alpha value is -0.620. The standard InChI is InChI=1S/C8H16N2O3S/c1-14(12,13)9-7-8(11)10-5-3-2-4-6-10/h9H,2-7H2,1H3. The predicted octanol–water partition coefficient (Wildman–Crippen LogP) is -0.452. The van der Waals surface area contributed by atoms with E-state index in [1.807, 2.05) is 0 Å². The van der Waals surface area contributed by atoms with E-state index in [9.17, 15) is 13.2 Å². The summed E-state index contributed by atoms with van der Waals surface area (Å²) < 4.78 is 23.7. The molecule has 0 atom stereocenters. The quantitative estimate of drug-likeness (QED) is 0.700. The average molecular weight is 220 g/mol. The predicted molar refractivity (Wildman–Crippen MR) is 53.3 cm³/mol. The molecule has 1 aliphatic rings. The summed E-state index contributed by atoms with van der Waals surface area (Å²) in [5.74, 6) is -0.130. The van der Waals surface area contributed by atoms with Gasteiger partial charge < -0.3 is 4.90 Å². The van der Waals surface area contributed by atoms with E-state index >= 15 is 0 Å². The Morgan fingerprint density at radius 3 is 2.36 bits per heavy atom. The molecule has 82 valence electrons. The topological polar surface area (TPSA) is 66.5 Å². The molecular formula is C8H16N2O3S. The second-order valence-electron chi connectivity index (χ2n) is 3.53. The molecule has 0 bridgehead atoms. The number of sulfonamides is 1. The van der Waals surface area contributed by atoms with Gasteiger partial charge in [0.25, 0.3) is 0 Å². The number of carbonyl (C=O) groups is 1. The number of amides is 1. The maximum atomic E-state index is 11.4. The van der Waals surface area contributed by atoms with Crippen LogP contribution in [0.4, 0.5) is 0 Å². The molecule has 0 aromatic heterocycles.